The Morgan fingerprint density at radius 3 is 2.56 bits per heavy atom. The minimum Gasteiger partial charge on any atom is -0.198 e. The van der Waals surface area contributed by atoms with Crippen LogP contribution in [0.3, 0.4) is 0 Å². The second-order valence-corrected chi connectivity index (χ2v) is 5.76. The van der Waals surface area contributed by atoms with Crippen LogP contribution in [-0.4, -0.2) is 0 Å². The Morgan fingerprint density at radius 2 is 2.00 bits per heavy atom. The predicted octanol–water partition coefficient (Wildman–Crippen LogP) is 4.48. The van der Waals surface area contributed by atoms with E-state index in [2.05, 4.69) is 47.1 Å². The topological polar surface area (TPSA) is 23.8 Å². The molecule has 0 bridgehead atoms. The van der Waals surface area contributed by atoms with Crippen LogP contribution in [0.15, 0.2) is 22.7 Å². The zero-order chi connectivity index (χ0) is 11.6. The van der Waals surface area contributed by atoms with Gasteiger partial charge >= 0.3 is 0 Å². The van der Waals surface area contributed by atoms with Gasteiger partial charge in [0.15, 0.2) is 0 Å². The highest BCUT2D eigenvalue weighted by atomic mass is 79.9. The fourth-order valence-corrected chi connectivity index (χ4v) is 3.42. The lowest BCUT2D eigenvalue weighted by Crippen LogP contribution is -2.21. The van der Waals surface area contributed by atoms with Crippen molar-refractivity contribution in [2.75, 3.05) is 0 Å². The summed E-state index contributed by atoms with van der Waals surface area (Å²) in [4.78, 5) is 0. The van der Waals surface area contributed by atoms with Crippen molar-refractivity contribution in [3.8, 4) is 6.07 Å². The number of nitriles is 1. The van der Waals surface area contributed by atoms with E-state index in [1.54, 1.807) is 0 Å². The fraction of sp³-hybridized carbons (Fsp3) is 0.500. The van der Waals surface area contributed by atoms with Gasteiger partial charge < -0.3 is 0 Å². The lowest BCUT2D eigenvalue weighted by Gasteiger charge is -2.27. The standard InChI is InChI=1S/C14H16BrN/c1-11-8-12(10-13(15)9-11)14(6-7-16)4-2-3-5-14/h8-10H,2-6H2,1H3. The van der Waals surface area contributed by atoms with Crippen LogP contribution in [0.25, 0.3) is 0 Å². The molecule has 1 nitrogen and oxygen atoms in total. The summed E-state index contributed by atoms with van der Waals surface area (Å²) in [6, 6.07) is 8.93. The number of hydrogen-bond donors (Lipinski definition) is 0. The molecule has 1 aliphatic carbocycles. The average molecular weight is 278 g/mol. The Bertz CT molecular complexity index is 405. The van der Waals surface area contributed by atoms with E-state index in [-0.39, 0.29) is 5.41 Å². The summed E-state index contributed by atoms with van der Waals surface area (Å²) in [5, 5.41) is 9.03. The molecule has 0 unspecified atom stereocenters. The largest absolute Gasteiger partial charge is 0.198 e. The van der Waals surface area contributed by atoms with Gasteiger partial charge in [0.25, 0.3) is 0 Å². The molecule has 0 aromatic heterocycles. The Kier molecular flexibility index (Phi) is 3.35. The first-order chi connectivity index (χ1) is 7.66. The zero-order valence-corrected chi connectivity index (χ0v) is 11.2. The van der Waals surface area contributed by atoms with Crippen molar-refractivity contribution in [3.63, 3.8) is 0 Å². The van der Waals surface area contributed by atoms with Gasteiger partial charge in [-0.3, -0.25) is 0 Å². The van der Waals surface area contributed by atoms with Gasteiger partial charge in [0, 0.05) is 16.3 Å². The molecule has 1 aromatic rings. The third-order valence-electron chi connectivity index (χ3n) is 3.63. The van der Waals surface area contributed by atoms with Gasteiger partial charge in [-0.25, -0.2) is 0 Å². The number of hydrogen-bond acceptors (Lipinski definition) is 1. The van der Waals surface area contributed by atoms with E-state index < -0.39 is 0 Å². The van der Waals surface area contributed by atoms with Crippen LogP contribution in [0, 0.1) is 18.3 Å². The Hall–Kier alpha value is -0.810. The van der Waals surface area contributed by atoms with E-state index in [0.29, 0.717) is 6.42 Å². The van der Waals surface area contributed by atoms with Crippen LogP contribution in [0.5, 0.6) is 0 Å². The van der Waals surface area contributed by atoms with Crippen molar-refractivity contribution in [3.05, 3.63) is 33.8 Å². The van der Waals surface area contributed by atoms with E-state index in [4.69, 9.17) is 5.26 Å². The van der Waals surface area contributed by atoms with Gasteiger partial charge in [-0.1, -0.05) is 34.8 Å². The first kappa shape index (κ1) is 11.7. The molecule has 16 heavy (non-hydrogen) atoms. The van der Waals surface area contributed by atoms with E-state index in [1.807, 2.05) is 0 Å². The van der Waals surface area contributed by atoms with Crippen molar-refractivity contribution in [1.29, 1.82) is 5.26 Å². The number of benzene rings is 1. The molecule has 0 atom stereocenters. The summed E-state index contributed by atoms with van der Waals surface area (Å²) in [6.07, 6.45) is 5.50. The van der Waals surface area contributed by atoms with Gasteiger partial charge in [0.2, 0.25) is 0 Å². The highest BCUT2D eigenvalue weighted by molar-refractivity contribution is 9.10. The Morgan fingerprint density at radius 1 is 1.31 bits per heavy atom. The minimum atomic E-state index is 0.128. The molecule has 1 aromatic carbocycles. The molecule has 0 heterocycles. The van der Waals surface area contributed by atoms with Gasteiger partial charge in [0.1, 0.15) is 0 Å². The van der Waals surface area contributed by atoms with Crippen LogP contribution < -0.4 is 0 Å². The molecule has 1 saturated carbocycles. The molecule has 84 valence electrons. The first-order valence-corrected chi connectivity index (χ1v) is 6.60. The summed E-state index contributed by atoms with van der Waals surface area (Å²) in [5.74, 6) is 0. The van der Waals surface area contributed by atoms with Crippen LogP contribution in [0.4, 0.5) is 0 Å². The molecule has 0 aliphatic heterocycles. The van der Waals surface area contributed by atoms with Crippen LogP contribution in [0.2, 0.25) is 0 Å². The summed E-state index contributed by atoms with van der Waals surface area (Å²) in [7, 11) is 0. The number of rotatable bonds is 2. The normalized spacial score (nSPS) is 18.3. The molecule has 1 aliphatic rings. The fourth-order valence-electron chi connectivity index (χ4n) is 2.81. The maximum absolute atomic E-state index is 9.03. The number of halogens is 1. The van der Waals surface area contributed by atoms with Crippen LogP contribution >= 0.6 is 15.9 Å². The average Bonchev–Trinajstić information content (AvgIpc) is 2.66. The summed E-state index contributed by atoms with van der Waals surface area (Å²) < 4.78 is 1.13. The maximum Gasteiger partial charge on any atom is 0.0631 e. The summed E-state index contributed by atoms with van der Waals surface area (Å²) in [5.41, 5.74) is 2.75. The van der Waals surface area contributed by atoms with Crippen molar-refractivity contribution in [1.82, 2.24) is 0 Å². The third kappa shape index (κ3) is 2.15. The van der Waals surface area contributed by atoms with Gasteiger partial charge in [-0.15, -0.1) is 0 Å². The van der Waals surface area contributed by atoms with Gasteiger partial charge in [0.05, 0.1) is 6.07 Å². The summed E-state index contributed by atoms with van der Waals surface area (Å²) in [6.45, 7) is 2.11. The predicted molar refractivity (Wildman–Crippen MR) is 69.3 cm³/mol. The van der Waals surface area contributed by atoms with Gasteiger partial charge in [-0.05, 0) is 43.0 Å². The SMILES string of the molecule is Cc1cc(Br)cc(C2(CC#N)CCCC2)c1. The van der Waals surface area contributed by atoms with E-state index in [9.17, 15) is 0 Å². The van der Waals surface area contributed by atoms with Crippen molar-refractivity contribution in [2.24, 2.45) is 0 Å². The van der Waals surface area contributed by atoms with E-state index in [1.165, 1.54) is 24.0 Å². The monoisotopic (exact) mass is 277 g/mol. The lowest BCUT2D eigenvalue weighted by molar-refractivity contribution is 0.451. The maximum atomic E-state index is 9.03. The first-order valence-electron chi connectivity index (χ1n) is 5.81. The Balaban J connectivity index is 2.43. The smallest absolute Gasteiger partial charge is 0.0631 e. The van der Waals surface area contributed by atoms with Crippen molar-refractivity contribution < 1.29 is 0 Å². The van der Waals surface area contributed by atoms with E-state index in [0.717, 1.165) is 17.3 Å². The van der Waals surface area contributed by atoms with Crippen LogP contribution in [-0.2, 0) is 5.41 Å². The van der Waals surface area contributed by atoms with E-state index >= 15 is 0 Å². The molecular formula is C14H16BrN. The van der Waals surface area contributed by atoms with Crippen molar-refractivity contribution >= 4 is 15.9 Å². The molecule has 0 saturated heterocycles. The van der Waals surface area contributed by atoms with Crippen LogP contribution in [0.1, 0.15) is 43.2 Å². The highest BCUT2D eigenvalue weighted by Crippen LogP contribution is 2.44. The third-order valence-corrected chi connectivity index (χ3v) is 4.09. The second kappa shape index (κ2) is 4.59. The van der Waals surface area contributed by atoms with Crippen molar-refractivity contribution in [2.45, 2.75) is 44.4 Å². The Labute approximate surface area is 106 Å². The summed E-state index contributed by atoms with van der Waals surface area (Å²) >= 11 is 3.55. The molecule has 1 fully saturated rings. The molecule has 0 spiro atoms. The quantitative estimate of drug-likeness (QED) is 0.782. The lowest BCUT2D eigenvalue weighted by atomic mass is 9.76. The minimum absolute atomic E-state index is 0.128. The zero-order valence-electron chi connectivity index (χ0n) is 9.59. The molecule has 0 amide bonds. The molecule has 0 N–H and O–H groups in total. The van der Waals surface area contributed by atoms with Gasteiger partial charge in [-0.2, -0.15) is 5.26 Å². The molecule has 0 radical (unpaired) electrons. The molecular weight excluding hydrogens is 262 g/mol. The number of nitrogens with zero attached hydrogens (tertiary/aromatic N) is 1. The molecule has 2 rings (SSSR count). The highest BCUT2D eigenvalue weighted by Gasteiger charge is 2.35. The molecule has 2 heteroatoms. The number of aryl methyl sites for hydroxylation is 1. The second-order valence-electron chi connectivity index (χ2n) is 4.84.